The summed E-state index contributed by atoms with van der Waals surface area (Å²) < 4.78 is 35.5. The van der Waals surface area contributed by atoms with E-state index in [9.17, 15) is 13.6 Å². The van der Waals surface area contributed by atoms with Crippen LogP contribution in [-0.4, -0.2) is 24.7 Å². The Morgan fingerprint density at radius 2 is 2.17 bits per heavy atom. The summed E-state index contributed by atoms with van der Waals surface area (Å²) in [7, 11) is 1.36. The van der Waals surface area contributed by atoms with Gasteiger partial charge in [0.15, 0.2) is 0 Å². The number of aromatic nitrogens is 1. The molecule has 0 saturated carbocycles. The number of nitrogens with zero attached hydrogens (tertiary/aromatic N) is 1. The van der Waals surface area contributed by atoms with E-state index in [1.807, 2.05) is 0 Å². The Morgan fingerprint density at radius 1 is 1.50 bits per heavy atom. The number of carbonyl (C=O) groups is 1. The van der Waals surface area contributed by atoms with Gasteiger partial charge in [-0.3, -0.25) is 9.78 Å². The van der Waals surface area contributed by atoms with Gasteiger partial charge in [0.1, 0.15) is 5.75 Å². The molecule has 0 amide bonds. The molecule has 0 aliphatic rings. The van der Waals surface area contributed by atoms with Crippen LogP contribution in [0.25, 0.3) is 0 Å². The summed E-state index contributed by atoms with van der Waals surface area (Å²) in [5, 5.41) is 0. The Labute approximate surface area is 104 Å². The average Bonchev–Trinajstić information content (AvgIpc) is 2.29. The molecule has 1 heterocycles. The van der Waals surface area contributed by atoms with Crippen molar-refractivity contribution in [2.75, 3.05) is 13.7 Å². The van der Waals surface area contributed by atoms with E-state index in [0.29, 0.717) is 5.69 Å². The summed E-state index contributed by atoms with van der Waals surface area (Å²) in [6.07, 6.45) is -1.90. The van der Waals surface area contributed by atoms with Crippen LogP contribution in [0.2, 0.25) is 0 Å². The zero-order valence-corrected chi connectivity index (χ0v) is 10.5. The Bertz CT molecular complexity index is 436. The zero-order valence-electron chi connectivity index (χ0n) is 10.5. The molecule has 1 aromatic heterocycles. The lowest BCUT2D eigenvalue weighted by Gasteiger charge is -2.14. The fourth-order valence-electron chi connectivity index (χ4n) is 1.65. The third-order valence-electron chi connectivity index (χ3n) is 2.41. The van der Waals surface area contributed by atoms with Crippen LogP contribution < -0.4 is 4.74 Å². The quantitative estimate of drug-likeness (QED) is 0.762. The van der Waals surface area contributed by atoms with Crippen molar-refractivity contribution in [3.8, 4) is 5.75 Å². The Morgan fingerprint density at radius 3 is 2.67 bits per heavy atom. The van der Waals surface area contributed by atoms with Crippen molar-refractivity contribution < 1.29 is 23.0 Å². The van der Waals surface area contributed by atoms with Gasteiger partial charge in [0, 0.05) is 17.3 Å². The van der Waals surface area contributed by atoms with Crippen molar-refractivity contribution in [2.24, 2.45) is 0 Å². The minimum Gasteiger partial charge on any atom is -0.495 e. The van der Waals surface area contributed by atoms with E-state index >= 15 is 0 Å². The average molecular weight is 259 g/mol. The first-order valence-corrected chi connectivity index (χ1v) is 5.47. The first kappa shape index (κ1) is 14.3. The number of pyridine rings is 1. The van der Waals surface area contributed by atoms with Gasteiger partial charge >= 0.3 is 5.97 Å². The zero-order chi connectivity index (χ0) is 13.7. The molecule has 18 heavy (non-hydrogen) atoms. The number of methoxy groups -OCH3 is 1. The molecular formula is C12H15F2NO3. The Hall–Kier alpha value is -1.72. The number of alkyl halides is 2. The van der Waals surface area contributed by atoms with Crippen molar-refractivity contribution in [2.45, 2.75) is 26.7 Å². The molecule has 0 bridgehead atoms. The molecule has 0 aromatic carbocycles. The fraction of sp³-hybridized carbons (Fsp3) is 0.500. The summed E-state index contributed by atoms with van der Waals surface area (Å²) in [5.41, 5.74) is 0.296. The maximum atomic E-state index is 12.9. The second-order valence-corrected chi connectivity index (χ2v) is 3.59. The van der Waals surface area contributed by atoms with Crippen LogP contribution in [0, 0.1) is 6.92 Å². The minimum atomic E-state index is -2.71. The predicted octanol–water partition coefficient (Wildman–Crippen LogP) is 2.44. The van der Waals surface area contributed by atoms with Gasteiger partial charge in [-0.15, -0.1) is 0 Å². The molecule has 0 spiro atoms. The minimum absolute atomic E-state index is 0.137. The number of aryl methyl sites for hydroxylation is 1. The van der Waals surface area contributed by atoms with Gasteiger partial charge in [0.05, 0.1) is 25.8 Å². The maximum absolute atomic E-state index is 12.9. The lowest BCUT2D eigenvalue weighted by molar-refractivity contribution is -0.142. The normalized spacial score (nSPS) is 10.6. The van der Waals surface area contributed by atoms with Crippen LogP contribution in [0.4, 0.5) is 8.78 Å². The van der Waals surface area contributed by atoms with Crippen LogP contribution in [0.3, 0.4) is 0 Å². The first-order chi connectivity index (χ1) is 8.51. The van der Waals surface area contributed by atoms with Gasteiger partial charge in [-0.05, 0) is 13.8 Å². The molecule has 0 saturated heterocycles. The molecule has 1 aromatic rings. The highest BCUT2D eigenvalue weighted by atomic mass is 19.3. The van der Waals surface area contributed by atoms with Gasteiger partial charge in [-0.25, -0.2) is 8.78 Å². The van der Waals surface area contributed by atoms with Crippen LogP contribution in [0.1, 0.15) is 30.2 Å². The van der Waals surface area contributed by atoms with Gasteiger partial charge in [-0.1, -0.05) is 0 Å². The van der Waals surface area contributed by atoms with Crippen LogP contribution in [0.15, 0.2) is 6.20 Å². The summed E-state index contributed by atoms with van der Waals surface area (Å²) in [5.74, 6) is -0.357. The highest BCUT2D eigenvalue weighted by Crippen LogP contribution is 2.31. The van der Waals surface area contributed by atoms with Gasteiger partial charge in [0.25, 0.3) is 6.43 Å². The second kappa shape index (κ2) is 6.28. The van der Waals surface area contributed by atoms with Crippen LogP contribution >= 0.6 is 0 Å². The smallest absolute Gasteiger partial charge is 0.310 e. The van der Waals surface area contributed by atoms with Crippen molar-refractivity contribution in [3.05, 3.63) is 23.0 Å². The highest BCUT2D eigenvalue weighted by Gasteiger charge is 2.22. The molecule has 0 fully saturated rings. The molecule has 0 atom stereocenters. The SMILES string of the molecule is CCOC(=O)Cc1c(C(F)F)cnc(C)c1OC. The van der Waals surface area contributed by atoms with Gasteiger partial charge < -0.3 is 9.47 Å². The molecule has 0 N–H and O–H groups in total. The van der Waals surface area contributed by atoms with E-state index in [1.54, 1.807) is 13.8 Å². The Balaban J connectivity index is 3.19. The molecule has 4 nitrogen and oxygen atoms in total. The van der Waals surface area contributed by atoms with Crippen molar-refractivity contribution in [1.29, 1.82) is 0 Å². The molecule has 0 radical (unpaired) electrons. The monoisotopic (exact) mass is 259 g/mol. The lowest BCUT2D eigenvalue weighted by atomic mass is 10.0. The fourth-order valence-corrected chi connectivity index (χ4v) is 1.65. The summed E-state index contributed by atoms with van der Waals surface area (Å²) in [6, 6.07) is 0. The van der Waals surface area contributed by atoms with E-state index in [-0.39, 0.29) is 29.9 Å². The number of esters is 1. The topological polar surface area (TPSA) is 48.4 Å². The van der Waals surface area contributed by atoms with Gasteiger partial charge in [-0.2, -0.15) is 0 Å². The number of hydrogen-bond donors (Lipinski definition) is 0. The molecule has 0 aliphatic heterocycles. The third kappa shape index (κ3) is 3.15. The molecular weight excluding hydrogens is 244 g/mol. The standard InChI is InChI=1S/C12H15F2NO3/c1-4-18-10(16)5-8-9(12(13)14)6-15-7(2)11(8)17-3/h6,12H,4-5H2,1-3H3. The molecule has 1 rings (SSSR count). The third-order valence-corrected chi connectivity index (χ3v) is 2.41. The van der Waals surface area contributed by atoms with E-state index in [1.165, 1.54) is 7.11 Å². The summed E-state index contributed by atoms with van der Waals surface area (Å²) in [6.45, 7) is 3.49. The molecule has 100 valence electrons. The molecule has 0 aliphatic carbocycles. The lowest BCUT2D eigenvalue weighted by Crippen LogP contribution is -2.12. The van der Waals surface area contributed by atoms with E-state index in [2.05, 4.69) is 4.98 Å². The van der Waals surface area contributed by atoms with Crippen molar-refractivity contribution in [1.82, 2.24) is 4.98 Å². The summed E-state index contributed by atoms with van der Waals surface area (Å²) in [4.78, 5) is 15.3. The molecule has 0 unspecified atom stereocenters. The van der Waals surface area contributed by atoms with E-state index in [0.717, 1.165) is 6.20 Å². The number of halogens is 2. The number of hydrogen-bond acceptors (Lipinski definition) is 4. The van der Waals surface area contributed by atoms with Gasteiger partial charge in [0.2, 0.25) is 0 Å². The highest BCUT2D eigenvalue weighted by molar-refractivity contribution is 5.74. The van der Waals surface area contributed by atoms with Crippen molar-refractivity contribution in [3.63, 3.8) is 0 Å². The van der Waals surface area contributed by atoms with Crippen LogP contribution in [0.5, 0.6) is 5.75 Å². The van der Waals surface area contributed by atoms with Crippen LogP contribution in [-0.2, 0) is 16.0 Å². The Kier molecular flexibility index (Phi) is 5.00. The second-order valence-electron chi connectivity index (χ2n) is 3.59. The number of rotatable bonds is 5. The largest absolute Gasteiger partial charge is 0.495 e. The number of ether oxygens (including phenoxy) is 2. The molecule has 6 heteroatoms. The predicted molar refractivity (Wildman–Crippen MR) is 60.8 cm³/mol. The van der Waals surface area contributed by atoms with E-state index in [4.69, 9.17) is 9.47 Å². The van der Waals surface area contributed by atoms with E-state index < -0.39 is 12.4 Å². The maximum Gasteiger partial charge on any atom is 0.310 e. The summed E-state index contributed by atoms with van der Waals surface area (Å²) >= 11 is 0. The first-order valence-electron chi connectivity index (χ1n) is 5.47. The van der Waals surface area contributed by atoms with Crippen molar-refractivity contribution >= 4 is 5.97 Å². The number of carbonyl (C=O) groups excluding carboxylic acids is 1.